The van der Waals surface area contributed by atoms with Gasteiger partial charge in [-0.25, -0.2) is 0 Å². The second-order valence-electron chi connectivity index (χ2n) is 5.26. The molecule has 0 radical (unpaired) electrons. The Morgan fingerprint density at radius 3 is 2.56 bits per heavy atom. The van der Waals surface area contributed by atoms with Crippen molar-refractivity contribution in [3.05, 3.63) is 33.8 Å². The average Bonchev–Trinajstić information content (AvgIpc) is 3.11. The number of hydrogen-bond acceptors (Lipinski definition) is 2. The van der Waals surface area contributed by atoms with Gasteiger partial charge in [-0.2, -0.15) is 0 Å². The van der Waals surface area contributed by atoms with Gasteiger partial charge in [0.1, 0.15) is 0 Å². The molecular formula is C14H18ClNO2. The van der Waals surface area contributed by atoms with Crippen LogP contribution < -0.4 is 5.32 Å². The Morgan fingerprint density at radius 1 is 1.39 bits per heavy atom. The molecule has 4 heteroatoms. The molecule has 0 bridgehead atoms. The summed E-state index contributed by atoms with van der Waals surface area (Å²) in [6.45, 7) is 4.58. The van der Waals surface area contributed by atoms with E-state index in [1.165, 1.54) is 0 Å². The van der Waals surface area contributed by atoms with Crippen molar-refractivity contribution in [2.75, 3.05) is 13.2 Å². The van der Waals surface area contributed by atoms with Crippen molar-refractivity contribution in [2.24, 2.45) is 5.41 Å². The van der Waals surface area contributed by atoms with E-state index in [-0.39, 0.29) is 17.9 Å². The monoisotopic (exact) mass is 267 g/mol. The number of carbonyl (C=O) groups is 1. The summed E-state index contributed by atoms with van der Waals surface area (Å²) in [5, 5.41) is 12.5. The first kappa shape index (κ1) is 13.4. The average molecular weight is 268 g/mol. The van der Waals surface area contributed by atoms with Gasteiger partial charge in [-0.1, -0.05) is 11.6 Å². The fourth-order valence-corrected chi connectivity index (χ4v) is 2.19. The lowest BCUT2D eigenvalue weighted by molar-refractivity contribution is 0.0935. The molecule has 18 heavy (non-hydrogen) atoms. The molecule has 1 saturated carbocycles. The van der Waals surface area contributed by atoms with E-state index in [4.69, 9.17) is 11.6 Å². The predicted molar refractivity (Wildman–Crippen MR) is 72.0 cm³/mol. The lowest BCUT2D eigenvalue weighted by Gasteiger charge is -2.14. The molecule has 3 nitrogen and oxygen atoms in total. The fraction of sp³-hybridized carbons (Fsp3) is 0.500. The van der Waals surface area contributed by atoms with Crippen molar-refractivity contribution in [1.29, 1.82) is 0 Å². The molecule has 0 unspecified atom stereocenters. The lowest BCUT2D eigenvalue weighted by atomic mass is 10.0. The summed E-state index contributed by atoms with van der Waals surface area (Å²) in [4.78, 5) is 12.0. The standard InChI is InChI=1S/C14H18ClNO2/c1-9-5-11(12(15)6-10(9)2)13(18)16-7-14(8-17)3-4-14/h5-6,17H,3-4,7-8H2,1-2H3,(H,16,18). The van der Waals surface area contributed by atoms with Crippen LogP contribution in [0.5, 0.6) is 0 Å². The van der Waals surface area contributed by atoms with Crippen LogP contribution in [0.15, 0.2) is 12.1 Å². The van der Waals surface area contributed by atoms with E-state index >= 15 is 0 Å². The molecule has 98 valence electrons. The van der Waals surface area contributed by atoms with Gasteiger partial charge in [-0.15, -0.1) is 0 Å². The van der Waals surface area contributed by atoms with E-state index in [9.17, 15) is 9.90 Å². The van der Waals surface area contributed by atoms with Crippen LogP contribution in [-0.4, -0.2) is 24.2 Å². The zero-order valence-electron chi connectivity index (χ0n) is 10.7. The third-order valence-corrected chi connectivity index (χ3v) is 4.06. The van der Waals surface area contributed by atoms with Crippen molar-refractivity contribution in [3.8, 4) is 0 Å². The first-order valence-electron chi connectivity index (χ1n) is 6.13. The zero-order valence-corrected chi connectivity index (χ0v) is 11.5. The van der Waals surface area contributed by atoms with Crippen molar-refractivity contribution in [1.82, 2.24) is 5.32 Å². The van der Waals surface area contributed by atoms with Crippen molar-refractivity contribution >= 4 is 17.5 Å². The highest BCUT2D eigenvalue weighted by molar-refractivity contribution is 6.34. The minimum atomic E-state index is -0.164. The Labute approximate surface area is 112 Å². The van der Waals surface area contributed by atoms with Crippen LogP contribution >= 0.6 is 11.6 Å². The number of aliphatic hydroxyl groups is 1. The van der Waals surface area contributed by atoms with Gasteiger partial charge in [0.05, 0.1) is 17.2 Å². The number of halogens is 1. The number of benzene rings is 1. The summed E-state index contributed by atoms with van der Waals surface area (Å²) >= 11 is 6.09. The van der Waals surface area contributed by atoms with Gasteiger partial charge in [-0.3, -0.25) is 4.79 Å². The number of nitrogens with one attached hydrogen (secondary N) is 1. The van der Waals surface area contributed by atoms with Gasteiger partial charge in [0.15, 0.2) is 0 Å². The highest BCUT2D eigenvalue weighted by Gasteiger charge is 2.42. The van der Waals surface area contributed by atoms with Crippen LogP contribution in [0.3, 0.4) is 0 Å². The normalized spacial score (nSPS) is 16.4. The van der Waals surface area contributed by atoms with Crippen LogP contribution in [0.1, 0.15) is 34.3 Å². The molecule has 1 aromatic rings. The van der Waals surface area contributed by atoms with Gasteiger partial charge >= 0.3 is 0 Å². The van der Waals surface area contributed by atoms with Gasteiger partial charge in [-0.05, 0) is 49.9 Å². The van der Waals surface area contributed by atoms with Crippen LogP contribution in [0.2, 0.25) is 5.02 Å². The second-order valence-corrected chi connectivity index (χ2v) is 5.66. The SMILES string of the molecule is Cc1cc(Cl)c(C(=O)NCC2(CO)CC2)cc1C. The van der Waals surface area contributed by atoms with E-state index in [0.29, 0.717) is 17.1 Å². The number of hydrogen-bond donors (Lipinski definition) is 2. The molecule has 0 atom stereocenters. The summed E-state index contributed by atoms with van der Waals surface area (Å²) in [5.74, 6) is -0.164. The van der Waals surface area contributed by atoms with Crippen LogP contribution in [0, 0.1) is 19.3 Å². The first-order valence-corrected chi connectivity index (χ1v) is 6.51. The first-order chi connectivity index (χ1) is 8.47. The molecule has 1 aliphatic rings. The Kier molecular flexibility index (Phi) is 3.64. The van der Waals surface area contributed by atoms with Crippen LogP contribution in [0.4, 0.5) is 0 Å². The van der Waals surface area contributed by atoms with E-state index < -0.39 is 0 Å². The molecule has 0 heterocycles. The van der Waals surface area contributed by atoms with Crippen LogP contribution in [-0.2, 0) is 0 Å². The minimum absolute atomic E-state index is 0.0815. The Morgan fingerprint density at radius 2 is 2.00 bits per heavy atom. The van der Waals surface area contributed by atoms with Crippen molar-refractivity contribution in [2.45, 2.75) is 26.7 Å². The van der Waals surface area contributed by atoms with E-state index in [1.807, 2.05) is 26.0 Å². The van der Waals surface area contributed by atoms with Gasteiger partial charge in [0.2, 0.25) is 0 Å². The van der Waals surface area contributed by atoms with E-state index in [1.54, 1.807) is 0 Å². The Bertz CT molecular complexity index is 481. The molecule has 0 aliphatic heterocycles. The predicted octanol–water partition coefficient (Wildman–Crippen LogP) is 2.46. The fourth-order valence-electron chi connectivity index (χ4n) is 1.89. The molecule has 2 N–H and O–H groups in total. The summed E-state index contributed by atoms with van der Waals surface area (Å²) < 4.78 is 0. The zero-order chi connectivity index (χ0) is 13.3. The molecule has 2 rings (SSSR count). The Hall–Kier alpha value is -1.06. The third-order valence-electron chi connectivity index (χ3n) is 3.74. The molecular weight excluding hydrogens is 250 g/mol. The summed E-state index contributed by atoms with van der Waals surface area (Å²) in [6.07, 6.45) is 1.95. The van der Waals surface area contributed by atoms with Gasteiger partial charge in [0.25, 0.3) is 5.91 Å². The molecule has 1 amide bonds. The molecule has 0 saturated heterocycles. The van der Waals surface area contributed by atoms with E-state index in [2.05, 4.69) is 5.32 Å². The third kappa shape index (κ3) is 2.68. The molecule has 1 aliphatic carbocycles. The van der Waals surface area contributed by atoms with Crippen LogP contribution in [0.25, 0.3) is 0 Å². The number of aryl methyl sites for hydroxylation is 2. The molecule has 0 aromatic heterocycles. The number of rotatable bonds is 4. The lowest BCUT2D eigenvalue weighted by Crippen LogP contribution is -2.32. The molecule has 0 spiro atoms. The second kappa shape index (κ2) is 4.90. The number of carbonyl (C=O) groups excluding carboxylic acids is 1. The van der Waals surface area contributed by atoms with Crippen molar-refractivity contribution < 1.29 is 9.90 Å². The highest BCUT2D eigenvalue weighted by Crippen LogP contribution is 2.44. The Balaban J connectivity index is 2.07. The van der Waals surface area contributed by atoms with Gasteiger partial charge in [0, 0.05) is 12.0 Å². The molecule has 1 fully saturated rings. The maximum Gasteiger partial charge on any atom is 0.252 e. The molecule has 1 aromatic carbocycles. The number of amides is 1. The van der Waals surface area contributed by atoms with Gasteiger partial charge < -0.3 is 10.4 Å². The maximum atomic E-state index is 12.0. The topological polar surface area (TPSA) is 49.3 Å². The maximum absolute atomic E-state index is 12.0. The summed E-state index contributed by atoms with van der Waals surface area (Å²) in [6, 6.07) is 3.62. The quantitative estimate of drug-likeness (QED) is 0.880. The highest BCUT2D eigenvalue weighted by atomic mass is 35.5. The smallest absolute Gasteiger partial charge is 0.252 e. The number of aliphatic hydroxyl groups excluding tert-OH is 1. The largest absolute Gasteiger partial charge is 0.396 e. The summed E-state index contributed by atoms with van der Waals surface area (Å²) in [7, 11) is 0. The minimum Gasteiger partial charge on any atom is -0.396 e. The van der Waals surface area contributed by atoms with E-state index in [0.717, 1.165) is 24.0 Å². The van der Waals surface area contributed by atoms with Crippen molar-refractivity contribution in [3.63, 3.8) is 0 Å². The summed E-state index contributed by atoms with van der Waals surface area (Å²) in [5.41, 5.74) is 2.55.